The number of hydrogen-bond donors (Lipinski definition) is 1. The van der Waals surface area contributed by atoms with Crippen LogP contribution in [0.25, 0.3) is 11.1 Å². The highest BCUT2D eigenvalue weighted by Gasteiger charge is 2.29. The minimum Gasteiger partial charge on any atom is -0.496 e. The molecule has 32 heavy (non-hydrogen) atoms. The Kier molecular flexibility index (Phi) is 7.77. The molecule has 1 aromatic carbocycles. The molecule has 1 fully saturated rings. The van der Waals surface area contributed by atoms with E-state index in [4.69, 9.17) is 9.47 Å². The van der Waals surface area contributed by atoms with Crippen LogP contribution >= 0.6 is 0 Å². The summed E-state index contributed by atoms with van der Waals surface area (Å²) in [6.45, 7) is 8.46. The Bertz CT molecular complexity index is 915. The van der Waals surface area contributed by atoms with Gasteiger partial charge in [0.15, 0.2) is 0 Å². The number of nitrogens with one attached hydrogen (secondary N) is 1. The van der Waals surface area contributed by atoms with E-state index in [1.165, 1.54) is 0 Å². The number of aryl methyl sites for hydroxylation is 1. The Morgan fingerprint density at radius 2 is 1.81 bits per heavy atom. The SMILES string of the molecule is COc1ccc(-c2ccnc(C)c2)cc1CN[C@H]1CC[C@H](N(C)C(=O)OC(C)(C)C)CC1. The number of benzene rings is 1. The molecule has 1 aliphatic carbocycles. The van der Waals surface area contributed by atoms with Crippen LogP contribution in [0.5, 0.6) is 5.75 Å². The number of aromatic nitrogens is 1. The number of carbonyl (C=O) groups is 1. The summed E-state index contributed by atoms with van der Waals surface area (Å²) in [6, 6.07) is 11.1. The Morgan fingerprint density at radius 3 is 2.44 bits per heavy atom. The molecule has 6 nitrogen and oxygen atoms in total. The fourth-order valence-corrected chi connectivity index (χ4v) is 4.23. The van der Waals surface area contributed by atoms with Crippen molar-refractivity contribution in [2.24, 2.45) is 0 Å². The van der Waals surface area contributed by atoms with Crippen molar-refractivity contribution < 1.29 is 14.3 Å². The van der Waals surface area contributed by atoms with Gasteiger partial charge in [0.25, 0.3) is 0 Å². The van der Waals surface area contributed by atoms with Crippen LogP contribution in [-0.2, 0) is 11.3 Å². The van der Waals surface area contributed by atoms with E-state index in [1.54, 1.807) is 12.0 Å². The van der Waals surface area contributed by atoms with Gasteiger partial charge in [0.2, 0.25) is 0 Å². The van der Waals surface area contributed by atoms with E-state index in [-0.39, 0.29) is 12.1 Å². The Morgan fingerprint density at radius 1 is 1.12 bits per heavy atom. The Balaban J connectivity index is 1.57. The first-order valence-electron chi connectivity index (χ1n) is 11.5. The van der Waals surface area contributed by atoms with Crippen LogP contribution in [0.1, 0.15) is 57.7 Å². The second-order valence-electron chi connectivity index (χ2n) is 9.69. The van der Waals surface area contributed by atoms with Gasteiger partial charge in [-0.2, -0.15) is 0 Å². The van der Waals surface area contributed by atoms with Gasteiger partial charge in [0, 0.05) is 43.1 Å². The molecule has 1 aromatic heterocycles. The van der Waals surface area contributed by atoms with Crippen LogP contribution < -0.4 is 10.1 Å². The molecular weight excluding hydrogens is 402 g/mol. The first-order valence-corrected chi connectivity index (χ1v) is 11.5. The molecule has 1 amide bonds. The highest BCUT2D eigenvalue weighted by Crippen LogP contribution is 2.28. The van der Waals surface area contributed by atoms with Crippen LogP contribution in [-0.4, -0.2) is 47.8 Å². The minimum atomic E-state index is -0.466. The average molecular weight is 440 g/mol. The smallest absolute Gasteiger partial charge is 0.410 e. The summed E-state index contributed by atoms with van der Waals surface area (Å²) in [5.74, 6) is 0.894. The molecule has 0 saturated heterocycles. The van der Waals surface area contributed by atoms with Crippen molar-refractivity contribution in [3.05, 3.63) is 47.8 Å². The number of ether oxygens (including phenoxy) is 2. The molecule has 6 heteroatoms. The van der Waals surface area contributed by atoms with Crippen molar-refractivity contribution in [1.29, 1.82) is 0 Å². The molecule has 1 heterocycles. The molecule has 0 aliphatic heterocycles. The van der Waals surface area contributed by atoms with Crippen molar-refractivity contribution in [3.8, 4) is 16.9 Å². The molecule has 1 N–H and O–H groups in total. The first kappa shape index (κ1) is 24.1. The number of amides is 1. The van der Waals surface area contributed by atoms with Crippen LogP contribution in [0, 0.1) is 6.92 Å². The molecule has 1 aliphatic rings. The van der Waals surface area contributed by atoms with E-state index in [0.717, 1.165) is 60.4 Å². The van der Waals surface area contributed by atoms with Gasteiger partial charge in [0.05, 0.1) is 7.11 Å². The monoisotopic (exact) mass is 439 g/mol. The largest absolute Gasteiger partial charge is 0.496 e. The fourth-order valence-electron chi connectivity index (χ4n) is 4.23. The molecular formula is C26H37N3O3. The lowest BCUT2D eigenvalue weighted by molar-refractivity contribution is 0.0179. The minimum absolute atomic E-state index is 0.232. The summed E-state index contributed by atoms with van der Waals surface area (Å²) < 4.78 is 11.1. The van der Waals surface area contributed by atoms with E-state index < -0.39 is 5.60 Å². The predicted molar refractivity (Wildman–Crippen MR) is 128 cm³/mol. The molecule has 174 valence electrons. The maximum Gasteiger partial charge on any atom is 0.410 e. The van der Waals surface area contributed by atoms with Crippen LogP contribution in [0.15, 0.2) is 36.5 Å². The number of hydrogen-bond acceptors (Lipinski definition) is 5. The molecule has 0 spiro atoms. The number of methoxy groups -OCH3 is 1. The topological polar surface area (TPSA) is 63.7 Å². The normalized spacial score (nSPS) is 18.8. The summed E-state index contributed by atoms with van der Waals surface area (Å²) in [5.41, 5.74) is 4.01. The van der Waals surface area contributed by atoms with Crippen molar-refractivity contribution in [3.63, 3.8) is 0 Å². The maximum absolute atomic E-state index is 12.4. The van der Waals surface area contributed by atoms with Gasteiger partial charge < -0.3 is 19.7 Å². The van der Waals surface area contributed by atoms with Gasteiger partial charge in [-0.3, -0.25) is 4.98 Å². The van der Waals surface area contributed by atoms with Crippen LogP contribution in [0.2, 0.25) is 0 Å². The summed E-state index contributed by atoms with van der Waals surface area (Å²) in [5, 5.41) is 3.70. The molecule has 0 unspecified atom stereocenters. The van der Waals surface area contributed by atoms with Crippen molar-refractivity contribution in [2.75, 3.05) is 14.2 Å². The predicted octanol–water partition coefficient (Wildman–Crippen LogP) is 5.33. The van der Waals surface area contributed by atoms with Gasteiger partial charge in [0.1, 0.15) is 11.4 Å². The quantitative estimate of drug-likeness (QED) is 0.659. The van der Waals surface area contributed by atoms with Gasteiger partial charge in [-0.15, -0.1) is 0 Å². The molecule has 3 rings (SSSR count). The van der Waals surface area contributed by atoms with Crippen molar-refractivity contribution in [2.45, 2.75) is 77.6 Å². The number of nitrogens with zero attached hydrogens (tertiary/aromatic N) is 2. The average Bonchev–Trinajstić information content (AvgIpc) is 2.76. The third kappa shape index (κ3) is 6.45. The zero-order valence-electron chi connectivity index (χ0n) is 20.3. The van der Waals surface area contributed by atoms with Gasteiger partial charge in [-0.05, 0) is 88.8 Å². The third-order valence-corrected chi connectivity index (χ3v) is 6.02. The fraction of sp³-hybridized carbons (Fsp3) is 0.538. The molecule has 0 atom stereocenters. The van der Waals surface area contributed by atoms with E-state index in [1.807, 2.05) is 53.1 Å². The molecule has 0 bridgehead atoms. The molecule has 1 saturated carbocycles. The highest BCUT2D eigenvalue weighted by molar-refractivity contribution is 5.68. The summed E-state index contributed by atoms with van der Waals surface area (Å²) in [7, 11) is 3.57. The van der Waals surface area contributed by atoms with Crippen LogP contribution in [0.4, 0.5) is 4.79 Å². The maximum atomic E-state index is 12.4. The zero-order valence-corrected chi connectivity index (χ0v) is 20.3. The zero-order chi connectivity index (χ0) is 23.3. The molecule has 2 aromatic rings. The standard InChI is InChI=1S/C26H37N3O3/c1-18-15-20(13-14-27-18)19-7-12-24(31-6)21(16-19)17-28-22-8-10-23(11-9-22)29(5)25(30)32-26(2,3)4/h7,12-16,22-23,28H,8-11,17H2,1-6H3/t22-,23-. The van der Waals surface area contributed by atoms with E-state index in [0.29, 0.717) is 6.04 Å². The number of carbonyl (C=O) groups excluding carboxylic acids is 1. The van der Waals surface area contributed by atoms with Crippen molar-refractivity contribution >= 4 is 6.09 Å². The van der Waals surface area contributed by atoms with Crippen LogP contribution in [0.3, 0.4) is 0 Å². The van der Waals surface area contributed by atoms with Gasteiger partial charge >= 0.3 is 6.09 Å². The lowest BCUT2D eigenvalue weighted by Crippen LogP contribution is -2.44. The van der Waals surface area contributed by atoms with Gasteiger partial charge in [-0.25, -0.2) is 4.79 Å². The number of pyridine rings is 1. The lowest BCUT2D eigenvalue weighted by atomic mass is 9.90. The van der Waals surface area contributed by atoms with E-state index in [2.05, 4.69) is 28.5 Å². The molecule has 0 radical (unpaired) electrons. The summed E-state index contributed by atoms with van der Waals surface area (Å²) in [6.07, 6.45) is 5.62. The second kappa shape index (κ2) is 10.3. The van der Waals surface area contributed by atoms with Gasteiger partial charge in [-0.1, -0.05) is 6.07 Å². The van der Waals surface area contributed by atoms with Crippen molar-refractivity contribution in [1.82, 2.24) is 15.2 Å². The van der Waals surface area contributed by atoms with E-state index in [9.17, 15) is 4.79 Å². The highest BCUT2D eigenvalue weighted by atomic mass is 16.6. The second-order valence-corrected chi connectivity index (χ2v) is 9.69. The summed E-state index contributed by atoms with van der Waals surface area (Å²) >= 11 is 0. The third-order valence-electron chi connectivity index (χ3n) is 6.02. The first-order chi connectivity index (χ1) is 15.2. The van der Waals surface area contributed by atoms with E-state index >= 15 is 0 Å². The Hall–Kier alpha value is -2.60. The summed E-state index contributed by atoms with van der Waals surface area (Å²) in [4.78, 5) is 18.4. The number of rotatable bonds is 6. The lowest BCUT2D eigenvalue weighted by Gasteiger charge is -2.36. The Labute approximate surface area is 192 Å².